The van der Waals surface area contributed by atoms with Gasteiger partial charge in [0.15, 0.2) is 6.29 Å². The first-order chi connectivity index (χ1) is 8.41. The number of aldehydes is 1. The summed E-state index contributed by atoms with van der Waals surface area (Å²) in [6, 6.07) is 2.48. The number of carbonyl (C=O) groups is 2. The molecule has 0 saturated carbocycles. The van der Waals surface area contributed by atoms with Crippen LogP contribution in [0.1, 0.15) is 10.4 Å². The Morgan fingerprint density at radius 1 is 1.44 bits per heavy atom. The van der Waals surface area contributed by atoms with E-state index >= 15 is 0 Å². The fraction of sp³-hybridized carbons (Fsp3) is 0.100. The number of rotatable bonds is 2. The predicted molar refractivity (Wildman–Crippen MR) is 55.3 cm³/mol. The topological polar surface area (TPSA) is 63.5 Å². The molecule has 0 fully saturated rings. The Morgan fingerprint density at radius 3 is 2.78 bits per heavy atom. The highest BCUT2D eigenvalue weighted by Crippen LogP contribution is 2.20. The molecule has 0 bridgehead atoms. The number of halogens is 3. The highest BCUT2D eigenvalue weighted by Gasteiger charge is 2.38. The fourth-order valence-electron chi connectivity index (χ4n) is 1.37. The van der Waals surface area contributed by atoms with Crippen molar-refractivity contribution in [3.8, 4) is 0 Å². The summed E-state index contributed by atoms with van der Waals surface area (Å²) in [6.07, 6.45) is -1.82. The summed E-state index contributed by atoms with van der Waals surface area (Å²) in [5, 5.41) is 5.50. The molecular formula is C10H6F3N3O2. The second-order valence-electron chi connectivity index (χ2n) is 3.41. The zero-order valence-electron chi connectivity index (χ0n) is 8.73. The lowest BCUT2D eigenvalue weighted by Crippen LogP contribution is -2.29. The van der Waals surface area contributed by atoms with E-state index in [0.717, 1.165) is 0 Å². The summed E-state index contributed by atoms with van der Waals surface area (Å²) >= 11 is 0. The van der Waals surface area contributed by atoms with Gasteiger partial charge in [0.25, 0.3) is 0 Å². The number of alkyl halides is 3. The molecule has 0 radical (unpaired) electrons. The molecule has 2 heterocycles. The molecule has 5 nitrogen and oxygen atoms in total. The van der Waals surface area contributed by atoms with E-state index in [1.165, 1.54) is 29.0 Å². The molecule has 0 aliphatic rings. The molecule has 2 rings (SSSR count). The van der Waals surface area contributed by atoms with Crippen molar-refractivity contribution in [2.75, 3.05) is 5.32 Å². The Kier molecular flexibility index (Phi) is 2.77. The van der Waals surface area contributed by atoms with E-state index in [1.54, 1.807) is 5.32 Å². The lowest BCUT2D eigenvalue weighted by molar-refractivity contribution is -0.167. The Hall–Kier alpha value is -2.38. The molecule has 0 atom stereocenters. The van der Waals surface area contributed by atoms with Crippen LogP contribution < -0.4 is 5.32 Å². The van der Waals surface area contributed by atoms with Crippen LogP contribution >= 0.6 is 0 Å². The lowest BCUT2D eigenvalue weighted by Gasteiger charge is -2.07. The number of amides is 1. The molecule has 0 aromatic carbocycles. The van der Waals surface area contributed by atoms with E-state index in [1.807, 2.05) is 0 Å². The number of hydrogen-bond acceptors (Lipinski definition) is 3. The molecule has 0 saturated heterocycles. The van der Waals surface area contributed by atoms with Crippen LogP contribution in [0, 0.1) is 0 Å². The van der Waals surface area contributed by atoms with Crippen molar-refractivity contribution < 1.29 is 22.8 Å². The Balaban J connectivity index is 2.35. The van der Waals surface area contributed by atoms with Crippen LogP contribution in [0.25, 0.3) is 5.52 Å². The summed E-state index contributed by atoms with van der Waals surface area (Å²) in [6.45, 7) is 0. The number of pyridine rings is 1. The van der Waals surface area contributed by atoms with Crippen molar-refractivity contribution >= 4 is 23.4 Å². The molecule has 0 aliphatic heterocycles. The van der Waals surface area contributed by atoms with Crippen molar-refractivity contribution in [3.05, 3.63) is 30.1 Å². The number of hydrogen-bond donors (Lipinski definition) is 1. The molecule has 8 heteroatoms. The molecule has 2 aromatic heterocycles. The molecular weight excluding hydrogens is 251 g/mol. The third kappa shape index (κ3) is 2.17. The Morgan fingerprint density at radius 2 is 2.17 bits per heavy atom. The third-order valence-corrected chi connectivity index (χ3v) is 2.19. The lowest BCUT2D eigenvalue weighted by atomic mass is 10.2. The smallest absolute Gasteiger partial charge is 0.318 e. The molecule has 18 heavy (non-hydrogen) atoms. The second-order valence-corrected chi connectivity index (χ2v) is 3.41. The van der Waals surface area contributed by atoms with Gasteiger partial charge in [0.05, 0.1) is 17.3 Å². The molecule has 1 amide bonds. The number of carbonyl (C=O) groups excluding carboxylic acids is 2. The minimum absolute atomic E-state index is 0.0616. The highest BCUT2D eigenvalue weighted by molar-refractivity contribution is 5.96. The number of anilines is 1. The van der Waals surface area contributed by atoms with Gasteiger partial charge in [0.2, 0.25) is 0 Å². The average Bonchev–Trinajstić information content (AvgIpc) is 2.70. The normalized spacial score (nSPS) is 11.5. The molecule has 0 unspecified atom stereocenters. The van der Waals surface area contributed by atoms with E-state index in [0.29, 0.717) is 11.8 Å². The van der Waals surface area contributed by atoms with E-state index in [-0.39, 0.29) is 11.3 Å². The van der Waals surface area contributed by atoms with E-state index < -0.39 is 12.1 Å². The number of nitrogens with one attached hydrogen (secondary N) is 1. The molecule has 0 aliphatic carbocycles. The van der Waals surface area contributed by atoms with Gasteiger partial charge < -0.3 is 5.32 Å². The highest BCUT2D eigenvalue weighted by atomic mass is 19.4. The van der Waals surface area contributed by atoms with Crippen LogP contribution in [0.5, 0.6) is 0 Å². The van der Waals surface area contributed by atoms with Gasteiger partial charge in [-0.15, -0.1) is 0 Å². The zero-order chi connectivity index (χ0) is 13.3. The standard InChI is InChI=1S/C10H6F3N3O2/c11-10(12,13)9(18)15-7-1-2-16-8(3-7)6(5-17)4-14-16/h1-5H,(H,15,18). The summed E-state index contributed by atoms with van der Waals surface area (Å²) < 4.78 is 37.5. The maximum atomic E-state index is 12.0. The van der Waals surface area contributed by atoms with Crippen molar-refractivity contribution in [2.45, 2.75) is 6.18 Å². The van der Waals surface area contributed by atoms with Crippen molar-refractivity contribution in [1.82, 2.24) is 9.61 Å². The van der Waals surface area contributed by atoms with Gasteiger partial charge >= 0.3 is 12.1 Å². The third-order valence-electron chi connectivity index (χ3n) is 2.19. The Labute approximate surface area is 98.2 Å². The van der Waals surface area contributed by atoms with Gasteiger partial charge in [-0.3, -0.25) is 9.59 Å². The number of aromatic nitrogens is 2. The average molecular weight is 257 g/mol. The molecule has 2 aromatic rings. The van der Waals surface area contributed by atoms with Gasteiger partial charge in [0.1, 0.15) is 0 Å². The summed E-state index contributed by atoms with van der Waals surface area (Å²) in [7, 11) is 0. The summed E-state index contributed by atoms with van der Waals surface area (Å²) in [5.74, 6) is -2.07. The van der Waals surface area contributed by atoms with Crippen LogP contribution in [-0.2, 0) is 4.79 Å². The largest absolute Gasteiger partial charge is 0.471 e. The van der Waals surface area contributed by atoms with Crippen LogP contribution in [0.2, 0.25) is 0 Å². The monoisotopic (exact) mass is 257 g/mol. The van der Waals surface area contributed by atoms with Crippen LogP contribution in [0.15, 0.2) is 24.5 Å². The quantitative estimate of drug-likeness (QED) is 0.832. The molecule has 1 N–H and O–H groups in total. The predicted octanol–water partition coefficient (Wildman–Crippen LogP) is 1.65. The first-order valence-corrected chi connectivity index (χ1v) is 4.72. The number of fused-ring (bicyclic) bond motifs is 1. The van der Waals surface area contributed by atoms with Gasteiger partial charge in [-0.25, -0.2) is 4.52 Å². The van der Waals surface area contributed by atoms with Crippen molar-refractivity contribution in [1.29, 1.82) is 0 Å². The van der Waals surface area contributed by atoms with E-state index in [4.69, 9.17) is 0 Å². The van der Waals surface area contributed by atoms with E-state index in [2.05, 4.69) is 5.10 Å². The summed E-state index contributed by atoms with van der Waals surface area (Å²) in [4.78, 5) is 21.4. The second kappa shape index (κ2) is 4.13. The first kappa shape index (κ1) is 12.1. The van der Waals surface area contributed by atoms with Crippen LogP contribution in [0.4, 0.5) is 18.9 Å². The van der Waals surface area contributed by atoms with Crippen LogP contribution in [0.3, 0.4) is 0 Å². The minimum Gasteiger partial charge on any atom is -0.318 e. The van der Waals surface area contributed by atoms with Gasteiger partial charge in [0, 0.05) is 11.9 Å². The first-order valence-electron chi connectivity index (χ1n) is 4.72. The van der Waals surface area contributed by atoms with Gasteiger partial charge in [-0.1, -0.05) is 0 Å². The van der Waals surface area contributed by atoms with Gasteiger partial charge in [-0.05, 0) is 12.1 Å². The summed E-state index contributed by atoms with van der Waals surface area (Å²) in [5.41, 5.74) is 0.469. The van der Waals surface area contributed by atoms with Crippen molar-refractivity contribution in [2.24, 2.45) is 0 Å². The minimum atomic E-state index is -4.96. The maximum Gasteiger partial charge on any atom is 0.471 e. The Bertz CT molecular complexity index is 618. The van der Waals surface area contributed by atoms with Crippen LogP contribution in [-0.4, -0.2) is 28.0 Å². The zero-order valence-corrected chi connectivity index (χ0v) is 8.73. The SMILES string of the molecule is O=Cc1cnn2ccc(NC(=O)C(F)(F)F)cc12. The van der Waals surface area contributed by atoms with Gasteiger partial charge in [-0.2, -0.15) is 18.3 Å². The van der Waals surface area contributed by atoms with Crippen molar-refractivity contribution in [3.63, 3.8) is 0 Å². The maximum absolute atomic E-state index is 12.0. The number of nitrogens with zero attached hydrogens (tertiary/aromatic N) is 2. The fourth-order valence-corrected chi connectivity index (χ4v) is 1.37. The van der Waals surface area contributed by atoms with E-state index in [9.17, 15) is 22.8 Å². The molecule has 94 valence electrons. The molecule has 0 spiro atoms.